The van der Waals surface area contributed by atoms with Crippen LogP contribution in [0.15, 0.2) is 23.3 Å². The monoisotopic (exact) mass is 307 g/mol. The number of nitrogens with zero attached hydrogens (tertiary/aromatic N) is 3. The summed E-state index contributed by atoms with van der Waals surface area (Å²) in [7, 11) is 0. The lowest BCUT2D eigenvalue weighted by atomic mass is 10.3. The summed E-state index contributed by atoms with van der Waals surface area (Å²) in [6.45, 7) is 7.43. The van der Waals surface area contributed by atoms with E-state index >= 15 is 0 Å². The van der Waals surface area contributed by atoms with Gasteiger partial charge in [0, 0.05) is 38.4 Å². The number of unbranched alkanes of at least 4 members (excludes halogenated alkanes) is 1. The molecule has 1 saturated heterocycles. The zero-order chi connectivity index (χ0) is 15.8. The Morgan fingerprint density at radius 2 is 2.36 bits per heavy atom. The molecule has 1 aliphatic heterocycles. The van der Waals surface area contributed by atoms with Crippen molar-refractivity contribution in [2.45, 2.75) is 39.2 Å². The fourth-order valence-corrected chi connectivity index (χ4v) is 2.54. The maximum absolute atomic E-state index is 13.8. The molecule has 1 aromatic heterocycles. The molecule has 0 amide bonds. The maximum atomic E-state index is 13.8. The van der Waals surface area contributed by atoms with Crippen LogP contribution < -0.4 is 15.5 Å². The Labute approximate surface area is 132 Å². The molecular weight excluding hydrogens is 281 g/mol. The van der Waals surface area contributed by atoms with E-state index in [4.69, 9.17) is 0 Å². The first-order valence-electron chi connectivity index (χ1n) is 8.14. The van der Waals surface area contributed by atoms with Gasteiger partial charge >= 0.3 is 0 Å². The molecule has 2 N–H and O–H groups in total. The van der Waals surface area contributed by atoms with E-state index in [9.17, 15) is 4.39 Å². The second-order valence-corrected chi connectivity index (χ2v) is 5.50. The molecule has 1 atom stereocenters. The number of pyridine rings is 1. The Hall–Kier alpha value is -1.85. The number of rotatable bonds is 6. The minimum absolute atomic E-state index is 0.258. The lowest BCUT2D eigenvalue weighted by molar-refractivity contribution is 0.612. The molecule has 1 unspecified atom stereocenters. The SMILES string of the molecule is CCCCN=C(NCC)NC1CCN(c2ncccc2F)C1. The van der Waals surface area contributed by atoms with Gasteiger partial charge in [-0.1, -0.05) is 13.3 Å². The highest BCUT2D eigenvalue weighted by Gasteiger charge is 2.25. The van der Waals surface area contributed by atoms with Crippen molar-refractivity contribution in [2.24, 2.45) is 4.99 Å². The fraction of sp³-hybridized carbons (Fsp3) is 0.625. The van der Waals surface area contributed by atoms with Crippen LogP contribution in [0.25, 0.3) is 0 Å². The summed E-state index contributed by atoms with van der Waals surface area (Å²) in [5.74, 6) is 1.04. The molecule has 0 saturated carbocycles. The van der Waals surface area contributed by atoms with Crippen molar-refractivity contribution in [1.29, 1.82) is 0 Å². The van der Waals surface area contributed by atoms with E-state index < -0.39 is 0 Å². The summed E-state index contributed by atoms with van der Waals surface area (Å²) in [6, 6.07) is 3.34. The van der Waals surface area contributed by atoms with E-state index in [0.717, 1.165) is 51.4 Å². The minimum atomic E-state index is -0.258. The predicted octanol–water partition coefficient (Wildman–Crippen LogP) is 2.15. The van der Waals surface area contributed by atoms with Crippen molar-refractivity contribution in [1.82, 2.24) is 15.6 Å². The van der Waals surface area contributed by atoms with Gasteiger partial charge in [-0.2, -0.15) is 0 Å². The van der Waals surface area contributed by atoms with Crippen molar-refractivity contribution in [3.05, 3.63) is 24.1 Å². The first-order valence-corrected chi connectivity index (χ1v) is 8.14. The Kier molecular flexibility index (Phi) is 6.43. The molecule has 122 valence electrons. The zero-order valence-corrected chi connectivity index (χ0v) is 13.5. The first kappa shape index (κ1) is 16.5. The number of anilines is 1. The van der Waals surface area contributed by atoms with Crippen molar-refractivity contribution in [2.75, 3.05) is 31.1 Å². The Morgan fingerprint density at radius 1 is 1.50 bits per heavy atom. The highest BCUT2D eigenvalue weighted by atomic mass is 19.1. The van der Waals surface area contributed by atoms with Gasteiger partial charge in [0.15, 0.2) is 17.6 Å². The number of guanidine groups is 1. The summed E-state index contributed by atoms with van der Waals surface area (Å²) in [6.07, 6.45) is 4.81. The third kappa shape index (κ3) is 4.58. The van der Waals surface area contributed by atoms with Crippen LogP contribution in [-0.2, 0) is 0 Å². The molecule has 2 heterocycles. The van der Waals surface area contributed by atoms with E-state index in [-0.39, 0.29) is 11.9 Å². The van der Waals surface area contributed by atoms with E-state index in [2.05, 4.69) is 34.5 Å². The van der Waals surface area contributed by atoms with E-state index in [1.165, 1.54) is 6.07 Å². The summed E-state index contributed by atoms with van der Waals surface area (Å²) < 4.78 is 13.8. The van der Waals surface area contributed by atoms with Crippen LogP contribution in [0.4, 0.5) is 10.2 Å². The zero-order valence-electron chi connectivity index (χ0n) is 13.5. The van der Waals surface area contributed by atoms with E-state index in [1.54, 1.807) is 12.3 Å². The second-order valence-electron chi connectivity index (χ2n) is 5.50. The number of nitrogens with one attached hydrogen (secondary N) is 2. The molecule has 0 radical (unpaired) electrons. The maximum Gasteiger partial charge on any atom is 0.191 e. The van der Waals surface area contributed by atoms with Gasteiger partial charge in [-0.15, -0.1) is 0 Å². The van der Waals surface area contributed by atoms with Gasteiger partial charge < -0.3 is 15.5 Å². The smallest absolute Gasteiger partial charge is 0.191 e. The summed E-state index contributed by atoms with van der Waals surface area (Å²) >= 11 is 0. The van der Waals surface area contributed by atoms with Crippen LogP contribution in [-0.4, -0.2) is 43.2 Å². The van der Waals surface area contributed by atoms with Gasteiger partial charge in [-0.05, 0) is 31.9 Å². The molecule has 0 aliphatic carbocycles. The van der Waals surface area contributed by atoms with Crippen LogP contribution in [0.2, 0.25) is 0 Å². The van der Waals surface area contributed by atoms with Crippen LogP contribution >= 0.6 is 0 Å². The van der Waals surface area contributed by atoms with Gasteiger partial charge in [0.1, 0.15) is 0 Å². The summed E-state index contributed by atoms with van der Waals surface area (Å²) in [5, 5.41) is 6.71. The van der Waals surface area contributed by atoms with Crippen molar-refractivity contribution in [3.63, 3.8) is 0 Å². The fourth-order valence-electron chi connectivity index (χ4n) is 2.54. The number of hydrogen-bond acceptors (Lipinski definition) is 3. The van der Waals surface area contributed by atoms with Crippen LogP contribution in [0.3, 0.4) is 0 Å². The minimum Gasteiger partial charge on any atom is -0.357 e. The number of aromatic nitrogens is 1. The molecule has 1 aliphatic rings. The molecule has 0 spiro atoms. The molecule has 6 heteroatoms. The van der Waals surface area contributed by atoms with E-state index in [1.807, 2.05) is 4.90 Å². The first-order chi connectivity index (χ1) is 10.7. The highest BCUT2D eigenvalue weighted by Crippen LogP contribution is 2.20. The standard InChI is InChI=1S/C16H26FN5/c1-3-5-9-20-16(18-4-2)21-13-8-11-22(12-13)15-14(17)7-6-10-19-15/h6-7,10,13H,3-5,8-9,11-12H2,1-2H3,(H2,18,20,21). The lowest BCUT2D eigenvalue weighted by Crippen LogP contribution is -2.44. The van der Waals surface area contributed by atoms with Gasteiger partial charge in [0.25, 0.3) is 0 Å². The van der Waals surface area contributed by atoms with Crippen LogP contribution in [0.5, 0.6) is 0 Å². The summed E-state index contributed by atoms with van der Waals surface area (Å²) in [4.78, 5) is 10.7. The number of hydrogen-bond donors (Lipinski definition) is 2. The average Bonchev–Trinajstić information content (AvgIpc) is 2.96. The van der Waals surface area contributed by atoms with Gasteiger partial charge in [-0.25, -0.2) is 9.37 Å². The molecule has 5 nitrogen and oxygen atoms in total. The molecule has 1 aromatic rings. The van der Waals surface area contributed by atoms with Gasteiger partial charge in [-0.3, -0.25) is 4.99 Å². The summed E-state index contributed by atoms with van der Waals surface area (Å²) in [5.41, 5.74) is 0. The van der Waals surface area contributed by atoms with Crippen molar-refractivity contribution >= 4 is 11.8 Å². The average molecular weight is 307 g/mol. The molecular formula is C16H26FN5. The predicted molar refractivity (Wildman–Crippen MR) is 88.8 cm³/mol. The molecule has 0 bridgehead atoms. The Morgan fingerprint density at radius 3 is 3.09 bits per heavy atom. The third-order valence-electron chi connectivity index (χ3n) is 3.69. The van der Waals surface area contributed by atoms with Crippen LogP contribution in [0, 0.1) is 5.82 Å². The highest BCUT2D eigenvalue weighted by molar-refractivity contribution is 5.80. The molecule has 0 aromatic carbocycles. The lowest BCUT2D eigenvalue weighted by Gasteiger charge is -2.19. The third-order valence-corrected chi connectivity index (χ3v) is 3.69. The van der Waals surface area contributed by atoms with Gasteiger partial charge in [0.05, 0.1) is 0 Å². The molecule has 2 rings (SSSR count). The number of halogens is 1. The molecule has 1 fully saturated rings. The topological polar surface area (TPSA) is 52.6 Å². The number of aliphatic imine (C=N–C) groups is 1. The quantitative estimate of drug-likeness (QED) is 0.480. The Bertz CT molecular complexity index is 491. The van der Waals surface area contributed by atoms with Gasteiger partial charge in [0.2, 0.25) is 0 Å². The van der Waals surface area contributed by atoms with Crippen LogP contribution in [0.1, 0.15) is 33.1 Å². The Balaban J connectivity index is 1.91. The van der Waals surface area contributed by atoms with Crippen molar-refractivity contribution < 1.29 is 4.39 Å². The second kappa shape index (κ2) is 8.56. The van der Waals surface area contributed by atoms with Crippen molar-refractivity contribution in [3.8, 4) is 0 Å². The largest absolute Gasteiger partial charge is 0.357 e. The molecule has 22 heavy (non-hydrogen) atoms. The van der Waals surface area contributed by atoms with E-state index in [0.29, 0.717) is 5.82 Å². The normalized spacial score (nSPS) is 18.6.